The number of allylic oxidation sites excluding steroid dienone is 10. The van der Waals surface area contributed by atoms with E-state index < -0.39 is 0 Å². The van der Waals surface area contributed by atoms with Crippen LogP contribution in [0.25, 0.3) is 11.3 Å². The molecule has 1 aliphatic heterocycles. The summed E-state index contributed by atoms with van der Waals surface area (Å²) >= 11 is 12.2. The van der Waals surface area contributed by atoms with Crippen molar-refractivity contribution in [3.05, 3.63) is 112 Å². The van der Waals surface area contributed by atoms with Crippen molar-refractivity contribution in [3.63, 3.8) is 0 Å². The predicted molar refractivity (Wildman–Crippen MR) is 149 cm³/mol. The van der Waals surface area contributed by atoms with Gasteiger partial charge in [0, 0.05) is 65.9 Å². The fourth-order valence-electron chi connectivity index (χ4n) is 4.27. The first kappa shape index (κ1) is 25.3. The van der Waals surface area contributed by atoms with Crippen molar-refractivity contribution < 1.29 is 0 Å². The molecule has 1 aromatic heterocycles. The molecule has 2 aliphatic rings. The third kappa shape index (κ3) is 6.66. The molecule has 0 bridgehead atoms. The molecule has 35 heavy (non-hydrogen) atoms. The first-order chi connectivity index (χ1) is 16.9. The standard InChI is InChI=1S/C29H32Cl2N4/c1-4-24(10-9-23(3)30)29-32-26(21-35(29)28-14-11-25(31)12-15-28)20-33-16-18-34(19-17-33)27-7-5-6-22(2)8-13-27/h4-5,7-15,21H,1,6,16-20H2,2-3H3/b23-9+,24-10+. The molecule has 2 aromatic rings. The van der Waals surface area contributed by atoms with Crippen molar-refractivity contribution in [3.8, 4) is 5.69 Å². The molecule has 1 aliphatic carbocycles. The second-order valence-corrected chi connectivity index (χ2v) is 9.99. The van der Waals surface area contributed by atoms with Gasteiger partial charge in [0.25, 0.3) is 0 Å². The largest absolute Gasteiger partial charge is 0.369 e. The van der Waals surface area contributed by atoms with Gasteiger partial charge in [0.2, 0.25) is 0 Å². The normalized spacial score (nSPS) is 17.8. The second-order valence-electron chi connectivity index (χ2n) is 8.96. The van der Waals surface area contributed by atoms with Gasteiger partial charge < -0.3 is 4.90 Å². The Kier molecular flexibility index (Phi) is 8.50. The third-order valence-corrected chi connectivity index (χ3v) is 6.60. The minimum Gasteiger partial charge on any atom is -0.369 e. The predicted octanol–water partition coefficient (Wildman–Crippen LogP) is 7.15. The van der Waals surface area contributed by atoms with E-state index in [-0.39, 0.29) is 0 Å². The fraction of sp³-hybridized carbons (Fsp3) is 0.276. The summed E-state index contributed by atoms with van der Waals surface area (Å²) in [5.74, 6) is 0.834. The topological polar surface area (TPSA) is 24.3 Å². The molecule has 1 aromatic carbocycles. The molecular formula is C29H32Cl2N4. The minimum absolute atomic E-state index is 0.705. The molecule has 0 spiro atoms. The highest BCUT2D eigenvalue weighted by Crippen LogP contribution is 2.24. The van der Waals surface area contributed by atoms with Gasteiger partial charge in [-0.2, -0.15) is 0 Å². The van der Waals surface area contributed by atoms with Crippen molar-refractivity contribution in [2.75, 3.05) is 26.2 Å². The summed E-state index contributed by atoms with van der Waals surface area (Å²) in [6.07, 6.45) is 17.8. The monoisotopic (exact) mass is 506 g/mol. The maximum absolute atomic E-state index is 6.13. The van der Waals surface area contributed by atoms with E-state index in [0.29, 0.717) is 10.1 Å². The third-order valence-electron chi connectivity index (χ3n) is 6.22. The Labute approximate surface area is 218 Å². The van der Waals surface area contributed by atoms with Crippen molar-refractivity contribution in [1.29, 1.82) is 0 Å². The SMILES string of the molecule is C=C/C(=C\C=C(/C)Cl)c1nc(CN2CCN(C3=CC=C(C)CC=C3)CC2)cn1-c1ccc(Cl)cc1. The molecule has 4 rings (SSSR count). The van der Waals surface area contributed by atoms with Gasteiger partial charge >= 0.3 is 0 Å². The Morgan fingerprint density at radius 3 is 2.51 bits per heavy atom. The summed E-state index contributed by atoms with van der Waals surface area (Å²) < 4.78 is 2.10. The number of nitrogens with zero attached hydrogens (tertiary/aromatic N) is 4. The van der Waals surface area contributed by atoms with E-state index in [9.17, 15) is 0 Å². The Morgan fingerprint density at radius 2 is 1.83 bits per heavy atom. The lowest BCUT2D eigenvalue weighted by atomic mass is 10.2. The fourth-order valence-corrected chi connectivity index (χ4v) is 4.46. The highest BCUT2D eigenvalue weighted by Gasteiger charge is 2.20. The van der Waals surface area contributed by atoms with Crippen LogP contribution in [-0.2, 0) is 6.54 Å². The van der Waals surface area contributed by atoms with Gasteiger partial charge in [-0.3, -0.25) is 9.47 Å². The number of benzene rings is 1. The van der Waals surface area contributed by atoms with Crippen molar-refractivity contribution in [2.45, 2.75) is 26.8 Å². The zero-order valence-corrected chi connectivity index (χ0v) is 21.9. The number of imidazole rings is 1. The van der Waals surface area contributed by atoms with Crippen LogP contribution in [0.15, 0.2) is 95.9 Å². The van der Waals surface area contributed by atoms with Crippen LogP contribution in [0.3, 0.4) is 0 Å². The summed E-state index contributed by atoms with van der Waals surface area (Å²) in [6.45, 7) is 12.8. The molecule has 0 saturated carbocycles. The lowest BCUT2D eigenvalue weighted by molar-refractivity contribution is 0.154. The van der Waals surface area contributed by atoms with Gasteiger partial charge in [-0.25, -0.2) is 4.98 Å². The van der Waals surface area contributed by atoms with E-state index in [4.69, 9.17) is 28.2 Å². The first-order valence-corrected chi connectivity index (χ1v) is 12.7. The van der Waals surface area contributed by atoms with Gasteiger partial charge in [0.05, 0.1) is 5.69 Å². The van der Waals surface area contributed by atoms with Crippen molar-refractivity contribution in [1.82, 2.24) is 19.4 Å². The van der Waals surface area contributed by atoms with Gasteiger partial charge in [0.1, 0.15) is 5.82 Å². The maximum Gasteiger partial charge on any atom is 0.144 e. The van der Waals surface area contributed by atoms with Crippen molar-refractivity contribution in [2.24, 2.45) is 0 Å². The Balaban J connectivity index is 1.53. The van der Waals surface area contributed by atoms with Crippen LogP contribution in [0, 0.1) is 0 Å². The van der Waals surface area contributed by atoms with Crippen LogP contribution in [0.5, 0.6) is 0 Å². The van der Waals surface area contributed by atoms with E-state index in [2.05, 4.69) is 58.4 Å². The highest BCUT2D eigenvalue weighted by molar-refractivity contribution is 6.30. The quantitative estimate of drug-likeness (QED) is 0.372. The molecule has 0 radical (unpaired) electrons. The van der Waals surface area contributed by atoms with Crippen LogP contribution in [0.4, 0.5) is 0 Å². The lowest BCUT2D eigenvalue weighted by Gasteiger charge is -2.36. The van der Waals surface area contributed by atoms with Gasteiger partial charge in [-0.15, -0.1) is 0 Å². The van der Waals surface area contributed by atoms with Gasteiger partial charge in [0.15, 0.2) is 0 Å². The van der Waals surface area contributed by atoms with E-state index in [1.807, 2.05) is 49.4 Å². The van der Waals surface area contributed by atoms with E-state index in [1.165, 1.54) is 11.3 Å². The van der Waals surface area contributed by atoms with Crippen LogP contribution in [0.1, 0.15) is 31.8 Å². The Morgan fingerprint density at radius 1 is 1.09 bits per heavy atom. The molecule has 6 heteroatoms. The number of piperazine rings is 1. The van der Waals surface area contributed by atoms with Crippen LogP contribution < -0.4 is 0 Å². The molecule has 0 amide bonds. The van der Waals surface area contributed by atoms with Gasteiger partial charge in [-0.1, -0.05) is 59.7 Å². The molecule has 182 valence electrons. The Hall–Kier alpha value is -2.79. The number of aromatic nitrogens is 2. The zero-order chi connectivity index (χ0) is 24.8. The zero-order valence-electron chi connectivity index (χ0n) is 20.4. The van der Waals surface area contributed by atoms with Crippen LogP contribution in [0.2, 0.25) is 5.02 Å². The summed E-state index contributed by atoms with van der Waals surface area (Å²) in [4.78, 5) is 9.96. The molecular weight excluding hydrogens is 475 g/mol. The molecule has 0 atom stereocenters. The number of hydrogen-bond donors (Lipinski definition) is 0. The highest BCUT2D eigenvalue weighted by atomic mass is 35.5. The molecule has 0 unspecified atom stereocenters. The van der Waals surface area contributed by atoms with E-state index in [0.717, 1.165) is 61.9 Å². The summed E-state index contributed by atoms with van der Waals surface area (Å²) in [7, 11) is 0. The Bertz CT molecular complexity index is 1200. The average molecular weight is 508 g/mol. The van der Waals surface area contributed by atoms with Crippen LogP contribution in [-0.4, -0.2) is 45.5 Å². The van der Waals surface area contributed by atoms with Gasteiger partial charge in [-0.05, 0) is 62.8 Å². The average Bonchev–Trinajstić information content (AvgIpc) is 3.13. The maximum atomic E-state index is 6.13. The smallest absolute Gasteiger partial charge is 0.144 e. The van der Waals surface area contributed by atoms with Crippen LogP contribution >= 0.6 is 23.2 Å². The number of rotatable bonds is 7. The van der Waals surface area contributed by atoms with Crippen molar-refractivity contribution >= 4 is 28.8 Å². The summed E-state index contributed by atoms with van der Waals surface area (Å²) in [5.41, 5.74) is 5.63. The van der Waals surface area contributed by atoms with E-state index >= 15 is 0 Å². The van der Waals surface area contributed by atoms with E-state index in [1.54, 1.807) is 0 Å². The summed E-state index contributed by atoms with van der Waals surface area (Å²) in [5, 5.41) is 1.41. The minimum atomic E-state index is 0.705. The molecule has 2 heterocycles. The second kappa shape index (κ2) is 11.8. The number of hydrogen-bond acceptors (Lipinski definition) is 3. The first-order valence-electron chi connectivity index (χ1n) is 12.0. The summed E-state index contributed by atoms with van der Waals surface area (Å²) in [6, 6.07) is 7.80. The molecule has 4 nitrogen and oxygen atoms in total. The molecule has 1 fully saturated rings. The number of halogens is 2. The molecule has 0 N–H and O–H groups in total. The molecule has 1 saturated heterocycles. The lowest BCUT2D eigenvalue weighted by Crippen LogP contribution is -2.45.